The molecule has 0 fully saturated rings. The maximum absolute atomic E-state index is 13.0. The third-order valence-corrected chi connectivity index (χ3v) is 5.17. The molecule has 5 heteroatoms. The number of hydrogen-bond acceptors (Lipinski definition) is 3. The van der Waals surface area contributed by atoms with Gasteiger partial charge in [-0.05, 0) is 53.4 Å². The Hall–Kier alpha value is -3.86. The molecule has 0 radical (unpaired) electrons. The van der Waals surface area contributed by atoms with Crippen LogP contribution in [0.5, 0.6) is 5.75 Å². The number of aromatic nitrogens is 1. The first kappa shape index (κ1) is 19.5. The van der Waals surface area contributed by atoms with E-state index in [1.54, 1.807) is 7.11 Å². The van der Waals surface area contributed by atoms with Gasteiger partial charge in [0.1, 0.15) is 11.3 Å². The van der Waals surface area contributed by atoms with Gasteiger partial charge in [-0.1, -0.05) is 42.5 Å². The molecule has 0 aliphatic heterocycles. The molecule has 0 spiro atoms. The second-order valence-corrected chi connectivity index (χ2v) is 7.14. The molecule has 0 bridgehead atoms. The molecule has 4 rings (SSSR count). The van der Waals surface area contributed by atoms with Gasteiger partial charge >= 0.3 is 0 Å². The van der Waals surface area contributed by atoms with Gasteiger partial charge in [-0.2, -0.15) is 0 Å². The number of hydrogen-bond donors (Lipinski definition) is 2. The van der Waals surface area contributed by atoms with Crippen molar-refractivity contribution in [3.05, 3.63) is 99.8 Å². The van der Waals surface area contributed by atoms with E-state index < -0.39 is 5.91 Å². The van der Waals surface area contributed by atoms with Crippen LogP contribution < -0.4 is 15.5 Å². The minimum absolute atomic E-state index is 0.0901. The normalized spacial score (nSPS) is 10.7. The topological polar surface area (TPSA) is 71.2 Å². The van der Waals surface area contributed by atoms with Gasteiger partial charge in [-0.25, -0.2) is 0 Å². The number of carbonyl (C=O) groups is 1. The summed E-state index contributed by atoms with van der Waals surface area (Å²) in [4.78, 5) is 28.8. The third kappa shape index (κ3) is 3.82. The van der Waals surface area contributed by atoms with E-state index in [2.05, 4.69) is 10.3 Å². The summed E-state index contributed by atoms with van der Waals surface area (Å²) in [5.41, 5.74) is 4.52. The molecular weight excluding hydrogens is 376 g/mol. The van der Waals surface area contributed by atoms with Crippen molar-refractivity contribution in [1.82, 2.24) is 10.3 Å². The number of pyridine rings is 1. The fourth-order valence-corrected chi connectivity index (χ4v) is 3.51. The maximum Gasteiger partial charge on any atom is 0.257 e. The molecule has 0 atom stereocenters. The minimum atomic E-state index is -0.415. The number of amides is 1. The number of benzene rings is 3. The molecule has 1 heterocycles. The minimum Gasteiger partial charge on any atom is -0.497 e. The Kier molecular flexibility index (Phi) is 5.35. The van der Waals surface area contributed by atoms with Gasteiger partial charge in [0.2, 0.25) is 5.43 Å². The van der Waals surface area contributed by atoms with E-state index in [4.69, 9.17) is 4.74 Å². The number of aryl methyl sites for hydroxylation is 1. The highest BCUT2D eigenvalue weighted by molar-refractivity contribution is 5.97. The van der Waals surface area contributed by atoms with E-state index in [0.29, 0.717) is 23.2 Å². The van der Waals surface area contributed by atoms with E-state index in [0.717, 1.165) is 22.3 Å². The van der Waals surface area contributed by atoms with Crippen molar-refractivity contribution in [3.63, 3.8) is 0 Å². The molecule has 3 aromatic carbocycles. The van der Waals surface area contributed by atoms with Crippen LogP contribution in [0.1, 0.15) is 21.5 Å². The molecule has 2 N–H and O–H groups in total. The Labute approximate surface area is 174 Å². The number of ether oxygens (including phenoxy) is 1. The van der Waals surface area contributed by atoms with Crippen LogP contribution in [0.25, 0.3) is 22.0 Å². The summed E-state index contributed by atoms with van der Waals surface area (Å²) in [6, 6.07) is 21.1. The van der Waals surface area contributed by atoms with E-state index in [1.165, 1.54) is 6.20 Å². The van der Waals surface area contributed by atoms with Crippen LogP contribution in [0.3, 0.4) is 0 Å². The van der Waals surface area contributed by atoms with E-state index >= 15 is 0 Å². The second-order valence-electron chi connectivity index (χ2n) is 7.14. The van der Waals surface area contributed by atoms with Crippen molar-refractivity contribution in [2.45, 2.75) is 13.5 Å². The van der Waals surface area contributed by atoms with Crippen molar-refractivity contribution in [2.24, 2.45) is 0 Å². The predicted molar refractivity (Wildman–Crippen MR) is 119 cm³/mol. The van der Waals surface area contributed by atoms with Gasteiger partial charge in [0, 0.05) is 23.6 Å². The molecular formula is C25H22N2O3. The standard InChI is InChI=1S/C25H22N2O3/c1-16-6-3-4-9-20(16)18-10-11-23-21(13-18)24(28)22(15-26-23)25(29)27-14-17-7-5-8-19(12-17)30-2/h3-13,15H,14H2,1-2H3,(H,26,28)(H,27,29). The van der Waals surface area contributed by atoms with Crippen LogP contribution in [-0.4, -0.2) is 18.0 Å². The second kappa shape index (κ2) is 8.25. The zero-order valence-corrected chi connectivity index (χ0v) is 16.9. The zero-order valence-electron chi connectivity index (χ0n) is 16.9. The highest BCUT2D eigenvalue weighted by Crippen LogP contribution is 2.25. The molecule has 4 aromatic rings. The molecule has 150 valence electrons. The van der Waals surface area contributed by atoms with Crippen molar-refractivity contribution in [1.29, 1.82) is 0 Å². The largest absolute Gasteiger partial charge is 0.497 e. The third-order valence-electron chi connectivity index (χ3n) is 5.17. The summed E-state index contributed by atoms with van der Waals surface area (Å²) < 4.78 is 5.20. The smallest absolute Gasteiger partial charge is 0.257 e. The van der Waals surface area contributed by atoms with Crippen LogP contribution in [0.15, 0.2) is 77.7 Å². The number of methoxy groups -OCH3 is 1. The average Bonchev–Trinajstić information content (AvgIpc) is 2.78. The van der Waals surface area contributed by atoms with Crippen molar-refractivity contribution >= 4 is 16.8 Å². The first-order valence-corrected chi connectivity index (χ1v) is 9.69. The monoisotopic (exact) mass is 398 g/mol. The fraction of sp³-hybridized carbons (Fsp3) is 0.120. The molecule has 0 saturated carbocycles. The molecule has 0 aliphatic rings. The number of carbonyl (C=O) groups excluding carboxylic acids is 1. The van der Waals surface area contributed by atoms with Gasteiger partial charge < -0.3 is 15.0 Å². The first-order valence-electron chi connectivity index (χ1n) is 9.69. The molecule has 0 aliphatic carbocycles. The van der Waals surface area contributed by atoms with Crippen molar-refractivity contribution in [3.8, 4) is 16.9 Å². The molecule has 1 amide bonds. The van der Waals surface area contributed by atoms with Gasteiger partial charge in [0.05, 0.1) is 7.11 Å². The Balaban J connectivity index is 1.64. The summed E-state index contributed by atoms with van der Waals surface area (Å²) in [6.07, 6.45) is 1.47. The summed E-state index contributed by atoms with van der Waals surface area (Å²) in [7, 11) is 1.59. The maximum atomic E-state index is 13.0. The molecule has 0 unspecified atom stereocenters. The highest BCUT2D eigenvalue weighted by atomic mass is 16.5. The van der Waals surface area contributed by atoms with E-state index in [9.17, 15) is 9.59 Å². The predicted octanol–water partition coefficient (Wildman–Crippen LogP) is 4.44. The van der Waals surface area contributed by atoms with Gasteiger partial charge in [0.25, 0.3) is 5.91 Å². The lowest BCUT2D eigenvalue weighted by molar-refractivity contribution is 0.0949. The Morgan fingerprint density at radius 3 is 2.67 bits per heavy atom. The zero-order chi connectivity index (χ0) is 21.1. The number of fused-ring (bicyclic) bond motifs is 1. The van der Waals surface area contributed by atoms with Crippen LogP contribution in [-0.2, 0) is 6.54 Å². The Morgan fingerprint density at radius 2 is 1.87 bits per heavy atom. The fourth-order valence-electron chi connectivity index (χ4n) is 3.51. The lowest BCUT2D eigenvalue weighted by atomic mass is 9.98. The number of aromatic amines is 1. The first-order chi connectivity index (χ1) is 14.6. The Morgan fingerprint density at radius 1 is 1.03 bits per heavy atom. The molecule has 0 saturated heterocycles. The summed E-state index contributed by atoms with van der Waals surface area (Å²) >= 11 is 0. The molecule has 1 aromatic heterocycles. The number of H-pyrrole nitrogens is 1. The van der Waals surface area contributed by atoms with Gasteiger partial charge in [0.15, 0.2) is 0 Å². The van der Waals surface area contributed by atoms with Gasteiger partial charge in [-0.3, -0.25) is 9.59 Å². The number of nitrogens with one attached hydrogen (secondary N) is 2. The van der Waals surface area contributed by atoms with E-state index in [1.807, 2.05) is 73.7 Å². The molecule has 5 nitrogen and oxygen atoms in total. The summed E-state index contributed by atoms with van der Waals surface area (Å²) in [5, 5.41) is 3.30. The summed E-state index contributed by atoms with van der Waals surface area (Å²) in [5.74, 6) is 0.302. The lowest BCUT2D eigenvalue weighted by Crippen LogP contribution is -2.28. The quantitative estimate of drug-likeness (QED) is 0.522. The van der Waals surface area contributed by atoms with E-state index in [-0.39, 0.29) is 11.0 Å². The van der Waals surface area contributed by atoms with Crippen molar-refractivity contribution in [2.75, 3.05) is 7.11 Å². The summed E-state index contributed by atoms with van der Waals surface area (Å²) in [6.45, 7) is 2.34. The van der Waals surface area contributed by atoms with Crippen LogP contribution in [0.2, 0.25) is 0 Å². The molecule has 30 heavy (non-hydrogen) atoms. The average molecular weight is 398 g/mol. The van der Waals surface area contributed by atoms with Crippen LogP contribution in [0, 0.1) is 6.92 Å². The van der Waals surface area contributed by atoms with Gasteiger partial charge in [-0.15, -0.1) is 0 Å². The van der Waals surface area contributed by atoms with Crippen LogP contribution >= 0.6 is 0 Å². The lowest BCUT2D eigenvalue weighted by Gasteiger charge is -2.09. The SMILES string of the molecule is COc1cccc(CNC(=O)c2c[nH]c3ccc(-c4ccccc4C)cc3c2=O)c1. The highest BCUT2D eigenvalue weighted by Gasteiger charge is 2.14. The van der Waals surface area contributed by atoms with Crippen LogP contribution in [0.4, 0.5) is 0 Å². The van der Waals surface area contributed by atoms with Crippen molar-refractivity contribution < 1.29 is 9.53 Å². The number of rotatable bonds is 5. The Bertz CT molecular complexity index is 1290.